The van der Waals surface area contributed by atoms with Crippen LogP contribution in [0.4, 0.5) is 26.3 Å². The molecule has 6 nitrogen and oxygen atoms in total. The van der Waals surface area contributed by atoms with E-state index in [-0.39, 0.29) is 37.0 Å². The van der Waals surface area contributed by atoms with Gasteiger partial charge in [0.2, 0.25) is 0 Å². The SMILES string of the molecule is OC[C@H]1[C@@H](O)[C@H](O)[C@@H](O)CN1CCCCCOCc1ccc(-c2cc(C(F)(F)F)cc(C(F)(F)F)c2)cc1. The van der Waals surface area contributed by atoms with Crippen molar-refractivity contribution in [3.63, 3.8) is 0 Å². The summed E-state index contributed by atoms with van der Waals surface area (Å²) in [5.41, 5.74) is -2.01. The molecule has 1 fully saturated rings. The van der Waals surface area contributed by atoms with Gasteiger partial charge in [-0.15, -0.1) is 0 Å². The Morgan fingerprint density at radius 2 is 1.39 bits per heavy atom. The van der Waals surface area contributed by atoms with Crippen LogP contribution < -0.4 is 0 Å². The number of aliphatic hydroxyl groups is 4. The first kappa shape index (κ1) is 30.3. The predicted molar refractivity (Wildman–Crippen MR) is 126 cm³/mol. The summed E-state index contributed by atoms with van der Waals surface area (Å²) < 4.78 is 84.3. The molecule has 2 aromatic rings. The molecule has 0 unspecified atom stereocenters. The summed E-state index contributed by atoms with van der Waals surface area (Å²) in [4.78, 5) is 1.74. The summed E-state index contributed by atoms with van der Waals surface area (Å²) in [5, 5.41) is 39.1. The third-order valence-corrected chi connectivity index (χ3v) is 6.59. The molecule has 4 atom stereocenters. The second-order valence-corrected chi connectivity index (χ2v) is 9.40. The fourth-order valence-corrected chi connectivity index (χ4v) is 4.44. The predicted octanol–water partition coefficient (Wildman–Crippen LogP) is 3.84. The van der Waals surface area contributed by atoms with Crippen LogP contribution in [0.3, 0.4) is 0 Å². The average Bonchev–Trinajstić information content (AvgIpc) is 2.86. The smallest absolute Gasteiger partial charge is 0.395 e. The zero-order valence-electron chi connectivity index (χ0n) is 20.4. The number of rotatable bonds is 10. The lowest BCUT2D eigenvalue weighted by Crippen LogP contribution is -2.62. The Kier molecular flexibility index (Phi) is 10.2. The third-order valence-electron chi connectivity index (χ3n) is 6.59. The molecule has 3 rings (SSSR count). The average molecular weight is 552 g/mol. The van der Waals surface area contributed by atoms with Crippen molar-refractivity contribution in [1.82, 2.24) is 4.90 Å². The van der Waals surface area contributed by atoms with Gasteiger partial charge in [0.25, 0.3) is 0 Å². The lowest BCUT2D eigenvalue weighted by atomic mass is 9.94. The molecule has 1 saturated heterocycles. The number of nitrogens with zero attached hydrogens (tertiary/aromatic N) is 1. The number of unbranched alkanes of at least 4 members (excludes halogenated alkanes) is 2. The van der Waals surface area contributed by atoms with Gasteiger partial charge in [0.1, 0.15) is 12.2 Å². The van der Waals surface area contributed by atoms with Crippen molar-refractivity contribution in [1.29, 1.82) is 0 Å². The van der Waals surface area contributed by atoms with Gasteiger partial charge in [-0.05, 0) is 60.7 Å². The van der Waals surface area contributed by atoms with Crippen LogP contribution in [0.25, 0.3) is 11.1 Å². The Balaban J connectivity index is 1.46. The molecule has 0 aromatic heterocycles. The second kappa shape index (κ2) is 12.8. The van der Waals surface area contributed by atoms with Crippen LogP contribution >= 0.6 is 0 Å². The highest BCUT2D eigenvalue weighted by molar-refractivity contribution is 5.66. The van der Waals surface area contributed by atoms with E-state index in [1.807, 2.05) is 0 Å². The Morgan fingerprint density at radius 3 is 1.95 bits per heavy atom. The molecule has 0 aliphatic carbocycles. The van der Waals surface area contributed by atoms with E-state index in [9.17, 15) is 46.8 Å². The van der Waals surface area contributed by atoms with Crippen LogP contribution in [0.1, 0.15) is 36.0 Å². The van der Waals surface area contributed by atoms with Crippen molar-refractivity contribution in [2.24, 2.45) is 0 Å². The first-order valence-corrected chi connectivity index (χ1v) is 12.2. The maximum absolute atomic E-state index is 13.1. The Labute approximate surface area is 216 Å². The number of alkyl halides is 6. The molecule has 38 heavy (non-hydrogen) atoms. The highest BCUT2D eigenvalue weighted by Gasteiger charge is 2.40. The van der Waals surface area contributed by atoms with Gasteiger partial charge in [-0.3, -0.25) is 4.90 Å². The first-order chi connectivity index (χ1) is 17.8. The van der Waals surface area contributed by atoms with Gasteiger partial charge in [0, 0.05) is 13.2 Å². The van der Waals surface area contributed by atoms with Gasteiger partial charge in [0.15, 0.2) is 0 Å². The zero-order chi connectivity index (χ0) is 28.1. The summed E-state index contributed by atoms with van der Waals surface area (Å²) in [6, 6.07) is 6.89. The van der Waals surface area contributed by atoms with Gasteiger partial charge in [0.05, 0.1) is 36.5 Å². The fraction of sp³-hybridized carbons (Fsp3) is 0.538. The molecule has 0 amide bonds. The molecule has 1 heterocycles. The fourth-order valence-electron chi connectivity index (χ4n) is 4.44. The quantitative estimate of drug-likeness (QED) is 0.265. The highest BCUT2D eigenvalue weighted by Crippen LogP contribution is 2.38. The number of piperidine rings is 1. The molecule has 1 aliphatic heterocycles. The van der Waals surface area contributed by atoms with Crippen molar-refractivity contribution >= 4 is 0 Å². The molecule has 212 valence electrons. The second-order valence-electron chi connectivity index (χ2n) is 9.40. The van der Waals surface area contributed by atoms with E-state index < -0.39 is 47.8 Å². The van der Waals surface area contributed by atoms with Gasteiger partial charge < -0.3 is 25.2 Å². The van der Waals surface area contributed by atoms with Crippen molar-refractivity contribution in [2.45, 2.75) is 62.6 Å². The van der Waals surface area contributed by atoms with Crippen LogP contribution in [0.2, 0.25) is 0 Å². The van der Waals surface area contributed by atoms with E-state index in [0.29, 0.717) is 43.7 Å². The van der Waals surface area contributed by atoms with E-state index in [4.69, 9.17) is 4.74 Å². The lowest BCUT2D eigenvalue weighted by Gasteiger charge is -2.43. The van der Waals surface area contributed by atoms with Crippen LogP contribution in [0, 0.1) is 0 Å². The molecule has 12 heteroatoms. The Bertz CT molecular complexity index is 998. The Hall–Kier alpha value is -2.22. The molecular formula is C26H31F6NO5. The number of β-amino-alcohol motifs (C(OH)–C–C–N with tert-alkyl or cyclic N) is 1. The van der Waals surface area contributed by atoms with Crippen molar-refractivity contribution in [2.75, 3.05) is 26.3 Å². The van der Waals surface area contributed by atoms with Gasteiger partial charge in [-0.1, -0.05) is 24.3 Å². The van der Waals surface area contributed by atoms with Crippen LogP contribution in [-0.2, 0) is 23.7 Å². The molecule has 2 aromatic carbocycles. The van der Waals surface area contributed by atoms with Crippen molar-refractivity contribution in [3.8, 4) is 11.1 Å². The Morgan fingerprint density at radius 1 is 0.789 bits per heavy atom. The monoisotopic (exact) mass is 551 g/mol. The van der Waals surface area contributed by atoms with E-state index in [1.165, 1.54) is 12.1 Å². The molecular weight excluding hydrogens is 520 g/mol. The van der Waals surface area contributed by atoms with Crippen LogP contribution in [0.5, 0.6) is 0 Å². The highest BCUT2D eigenvalue weighted by atomic mass is 19.4. The molecule has 1 aliphatic rings. The summed E-state index contributed by atoms with van der Waals surface area (Å²) >= 11 is 0. The number of hydrogen-bond donors (Lipinski definition) is 4. The number of ether oxygens (including phenoxy) is 1. The largest absolute Gasteiger partial charge is 0.416 e. The van der Waals surface area contributed by atoms with Crippen LogP contribution in [0.15, 0.2) is 42.5 Å². The van der Waals surface area contributed by atoms with Crippen molar-refractivity contribution < 1.29 is 51.5 Å². The molecule has 0 saturated carbocycles. The number of halogens is 6. The summed E-state index contributed by atoms with van der Waals surface area (Å²) in [7, 11) is 0. The standard InChI is InChI=1S/C26H31F6NO5/c27-25(28,29)19-10-18(11-20(12-19)26(30,31)32)17-6-4-16(5-7-17)15-38-9-3-1-2-8-33-13-22(35)24(37)23(36)21(33)14-34/h4-7,10-12,21-24,34-37H,1-3,8-9,13-15H2/t21-,22-,23+,24+/m0/s1. The van der Waals surface area contributed by atoms with Crippen LogP contribution in [-0.4, -0.2) is 76.0 Å². The van der Waals surface area contributed by atoms with E-state index in [2.05, 4.69) is 0 Å². The van der Waals surface area contributed by atoms with E-state index in [1.54, 1.807) is 17.0 Å². The first-order valence-electron chi connectivity index (χ1n) is 12.2. The zero-order valence-corrected chi connectivity index (χ0v) is 20.4. The number of aliphatic hydroxyl groups excluding tert-OH is 4. The minimum absolute atomic E-state index is 0.0975. The normalized spacial score (nSPS) is 23.1. The molecule has 0 spiro atoms. The summed E-state index contributed by atoms with van der Waals surface area (Å²) in [6.07, 6.45) is -11.3. The third kappa shape index (κ3) is 7.90. The topological polar surface area (TPSA) is 93.4 Å². The summed E-state index contributed by atoms with van der Waals surface area (Å²) in [6.45, 7) is 0.945. The van der Waals surface area contributed by atoms with Crippen molar-refractivity contribution in [3.05, 3.63) is 59.2 Å². The summed E-state index contributed by atoms with van der Waals surface area (Å²) in [5.74, 6) is 0. The molecule has 4 N–H and O–H groups in total. The minimum Gasteiger partial charge on any atom is -0.395 e. The number of benzene rings is 2. The minimum atomic E-state index is -4.91. The van der Waals surface area contributed by atoms with Gasteiger partial charge >= 0.3 is 12.4 Å². The molecule has 0 radical (unpaired) electrons. The van der Waals surface area contributed by atoms with Gasteiger partial charge in [-0.2, -0.15) is 26.3 Å². The van der Waals surface area contributed by atoms with Gasteiger partial charge in [-0.25, -0.2) is 0 Å². The number of hydrogen-bond acceptors (Lipinski definition) is 6. The van der Waals surface area contributed by atoms with E-state index in [0.717, 1.165) is 6.42 Å². The molecule has 0 bridgehead atoms. The maximum Gasteiger partial charge on any atom is 0.416 e. The number of likely N-dealkylation sites (tertiary alicyclic amines) is 1. The maximum atomic E-state index is 13.1. The lowest BCUT2D eigenvalue weighted by molar-refractivity contribution is -0.145. The van der Waals surface area contributed by atoms with E-state index >= 15 is 0 Å².